The molecule has 1 heterocycles. The van der Waals surface area contributed by atoms with E-state index in [1.54, 1.807) is 0 Å². The molecule has 1 nitrogen and oxygen atoms in total. The summed E-state index contributed by atoms with van der Waals surface area (Å²) in [4.78, 5) is 3.61. The monoisotopic (exact) mass is 393 g/mol. The Kier molecular flexibility index (Phi) is 3.33. The number of hydrogen-bond donors (Lipinski definition) is 1. The van der Waals surface area contributed by atoms with Crippen molar-refractivity contribution in [3.63, 3.8) is 0 Å². The second kappa shape index (κ2) is 6.20. The first kappa shape index (κ1) is 16.7. The van der Waals surface area contributed by atoms with E-state index in [0.717, 1.165) is 0 Å². The lowest BCUT2D eigenvalue weighted by atomic mass is 9.91. The van der Waals surface area contributed by atoms with E-state index in [2.05, 4.69) is 114 Å². The molecule has 0 unspecified atom stereocenters. The number of fused-ring (bicyclic) bond motifs is 9. The van der Waals surface area contributed by atoms with Crippen LogP contribution in [0.5, 0.6) is 0 Å². The number of aromatic amines is 1. The van der Waals surface area contributed by atoms with E-state index < -0.39 is 0 Å². The predicted octanol–water partition coefficient (Wildman–Crippen LogP) is 8.45. The van der Waals surface area contributed by atoms with Crippen LogP contribution in [0.15, 0.2) is 109 Å². The van der Waals surface area contributed by atoms with Crippen molar-refractivity contribution < 1.29 is 0 Å². The molecule has 0 amide bonds. The van der Waals surface area contributed by atoms with Crippen LogP contribution in [0.25, 0.3) is 65.3 Å². The molecule has 7 aromatic rings. The van der Waals surface area contributed by atoms with Crippen LogP contribution in [0.2, 0.25) is 0 Å². The quantitative estimate of drug-likeness (QED) is 0.269. The summed E-state index contributed by atoms with van der Waals surface area (Å²) in [6.45, 7) is 0. The minimum atomic E-state index is 1.19. The molecule has 7 rings (SSSR count). The molecule has 0 aliphatic heterocycles. The molecule has 0 spiro atoms. The second-order valence-corrected chi connectivity index (χ2v) is 8.29. The number of para-hydroxylation sites is 1. The normalized spacial score (nSPS) is 11.9. The van der Waals surface area contributed by atoms with E-state index in [4.69, 9.17) is 0 Å². The lowest BCUT2D eigenvalue weighted by Gasteiger charge is -2.12. The van der Waals surface area contributed by atoms with Gasteiger partial charge in [-0.1, -0.05) is 84.9 Å². The second-order valence-electron chi connectivity index (χ2n) is 8.29. The highest BCUT2D eigenvalue weighted by molar-refractivity contribution is 6.28. The van der Waals surface area contributed by atoms with Crippen LogP contribution in [0.3, 0.4) is 0 Å². The fourth-order valence-electron chi connectivity index (χ4n) is 5.11. The lowest BCUT2D eigenvalue weighted by Crippen LogP contribution is -1.85. The minimum absolute atomic E-state index is 1.19. The molecule has 0 atom stereocenters. The van der Waals surface area contributed by atoms with Gasteiger partial charge in [-0.05, 0) is 67.7 Å². The van der Waals surface area contributed by atoms with E-state index in [0.29, 0.717) is 0 Å². The number of nitrogens with one attached hydrogen (secondary N) is 1. The molecular formula is C30H19N. The molecule has 1 aromatic heterocycles. The molecule has 0 aliphatic carbocycles. The highest BCUT2D eigenvalue weighted by Gasteiger charge is 2.13. The van der Waals surface area contributed by atoms with Gasteiger partial charge in [0.2, 0.25) is 0 Å². The third-order valence-electron chi connectivity index (χ3n) is 6.57. The third kappa shape index (κ3) is 2.38. The average Bonchev–Trinajstić information content (AvgIpc) is 3.21. The fourth-order valence-corrected chi connectivity index (χ4v) is 5.11. The van der Waals surface area contributed by atoms with Gasteiger partial charge >= 0.3 is 0 Å². The topological polar surface area (TPSA) is 15.8 Å². The SMILES string of the molecule is c1ccc(-c2ccc3c(c2)c2ccccc2c2cc4[nH]c5ccccc5c4cc32)cc1. The molecule has 0 saturated carbocycles. The third-order valence-corrected chi connectivity index (χ3v) is 6.57. The summed E-state index contributed by atoms with van der Waals surface area (Å²) in [6, 6.07) is 39.6. The Labute approximate surface area is 179 Å². The van der Waals surface area contributed by atoms with Crippen LogP contribution in [-0.4, -0.2) is 4.98 Å². The summed E-state index contributed by atoms with van der Waals surface area (Å²) in [5.41, 5.74) is 4.89. The molecule has 1 heteroatoms. The summed E-state index contributed by atoms with van der Waals surface area (Å²) >= 11 is 0. The van der Waals surface area contributed by atoms with Gasteiger partial charge in [-0.25, -0.2) is 0 Å². The average molecular weight is 393 g/mol. The zero-order valence-electron chi connectivity index (χ0n) is 16.9. The molecule has 6 aromatic carbocycles. The Hall–Kier alpha value is -4.10. The molecule has 144 valence electrons. The molecule has 0 saturated heterocycles. The minimum Gasteiger partial charge on any atom is -0.354 e. The van der Waals surface area contributed by atoms with Crippen molar-refractivity contribution in [2.45, 2.75) is 0 Å². The number of rotatable bonds is 1. The Balaban J connectivity index is 1.67. The summed E-state index contributed by atoms with van der Waals surface area (Å²) in [6.07, 6.45) is 0. The van der Waals surface area contributed by atoms with Crippen molar-refractivity contribution in [1.82, 2.24) is 4.98 Å². The largest absolute Gasteiger partial charge is 0.354 e. The van der Waals surface area contributed by atoms with Gasteiger partial charge in [0.15, 0.2) is 0 Å². The summed E-state index contributed by atoms with van der Waals surface area (Å²) < 4.78 is 0. The maximum atomic E-state index is 3.61. The maximum Gasteiger partial charge on any atom is 0.0471 e. The molecule has 0 radical (unpaired) electrons. The van der Waals surface area contributed by atoms with Gasteiger partial charge in [0.25, 0.3) is 0 Å². The van der Waals surface area contributed by atoms with Crippen LogP contribution >= 0.6 is 0 Å². The van der Waals surface area contributed by atoms with Crippen LogP contribution < -0.4 is 0 Å². The van der Waals surface area contributed by atoms with Crippen molar-refractivity contribution in [2.24, 2.45) is 0 Å². The Morgan fingerprint density at radius 3 is 1.74 bits per heavy atom. The Morgan fingerprint density at radius 2 is 0.935 bits per heavy atom. The van der Waals surface area contributed by atoms with E-state index >= 15 is 0 Å². The molecule has 0 bridgehead atoms. The summed E-state index contributed by atoms with van der Waals surface area (Å²) in [5.74, 6) is 0. The van der Waals surface area contributed by atoms with E-state index in [9.17, 15) is 0 Å². The van der Waals surface area contributed by atoms with Crippen molar-refractivity contribution in [3.8, 4) is 11.1 Å². The van der Waals surface area contributed by atoms with Crippen LogP contribution in [0.1, 0.15) is 0 Å². The smallest absolute Gasteiger partial charge is 0.0471 e. The Bertz CT molecular complexity index is 1770. The highest BCUT2D eigenvalue weighted by atomic mass is 14.7. The standard InChI is InChI=1S/C30H19N/c1-2-8-19(9-3-1)20-14-15-23-25(16-20)21-10-4-5-11-22(21)27-18-30-28(17-26(23)27)24-12-6-7-13-29(24)31-30/h1-18,31H. The zero-order chi connectivity index (χ0) is 20.4. The molecule has 0 aliphatic rings. The molecular weight excluding hydrogens is 374 g/mol. The molecule has 0 fully saturated rings. The van der Waals surface area contributed by atoms with Gasteiger partial charge in [0.05, 0.1) is 0 Å². The van der Waals surface area contributed by atoms with Gasteiger partial charge in [-0.3, -0.25) is 0 Å². The van der Waals surface area contributed by atoms with Crippen molar-refractivity contribution in [1.29, 1.82) is 0 Å². The van der Waals surface area contributed by atoms with Gasteiger partial charge < -0.3 is 4.98 Å². The number of benzene rings is 6. The fraction of sp³-hybridized carbons (Fsp3) is 0. The number of hydrogen-bond acceptors (Lipinski definition) is 0. The van der Waals surface area contributed by atoms with E-state index in [-0.39, 0.29) is 0 Å². The lowest BCUT2D eigenvalue weighted by molar-refractivity contribution is 1.56. The van der Waals surface area contributed by atoms with E-state index in [1.165, 1.54) is 65.3 Å². The number of aromatic nitrogens is 1. The summed E-state index contributed by atoms with van der Waals surface area (Å²) in [5, 5.41) is 10.4. The molecule has 31 heavy (non-hydrogen) atoms. The first-order valence-corrected chi connectivity index (χ1v) is 10.7. The number of H-pyrrole nitrogens is 1. The van der Waals surface area contributed by atoms with Crippen LogP contribution in [0, 0.1) is 0 Å². The van der Waals surface area contributed by atoms with Gasteiger partial charge in [-0.15, -0.1) is 0 Å². The van der Waals surface area contributed by atoms with Crippen molar-refractivity contribution in [2.75, 3.05) is 0 Å². The van der Waals surface area contributed by atoms with Crippen LogP contribution in [0.4, 0.5) is 0 Å². The van der Waals surface area contributed by atoms with Gasteiger partial charge in [-0.2, -0.15) is 0 Å². The maximum absolute atomic E-state index is 3.61. The van der Waals surface area contributed by atoms with Crippen LogP contribution in [-0.2, 0) is 0 Å². The summed E-state index contributed by atoms with van der Waals surface area (Å²) in [7, 11) is 0. The van der Waals surface area contributed by atoms with E-state index in [1.807, 2.05) is 0 Å². The Morgan fingerprint density at radius 1 is 0.323 bits per heavy atom. The van der Waals surface area contributed by atoms with Gasteiger partial charge in [0.1, 0.15) is 0 Å². The first-order chi connectivity index (χ1) is 15.4. The predicted molar refractivity (Wildman–Crippen MR) is 134 cm³/mol. The first-order valence-electron chi connectivity index (χ1n) is 10.7. The zero-order valence-corrected chi connectivity index (χ0v) is 16.9. The van der Waals surface area contributed by atoms with Crippen molar-refractivity contribution in [3.05, 3.63) is 109 Å². The molecule has 1 N–H and O–H groups in total. The van der Waals surface area contributed by atoms with Crippen molar-refractivity contribution >= 4 is 54.1 Å². The van der Waals surface area contributed by atoms with Gasteiger partial charge in [0, 0.05) is 21.8 Å². The highest BCUT2D eigenvalue weighted by Crippen LogP contribution is 2.40.